The van der Waals surface area contributed by atoms with E-state index in [1.54, 1.807) is 0 Å². The molecule has 19 heavy (non-hydrogen) atoms. The minimum atomic E-state index is 0.595. The van der Waals surface area contributed by atoms with E-state index in [0.717, 1.165) is 35.3 Å². The minimum absolute atomic E-state index is 0.595. The van der Waals surface area contributed by atoms with Crippen molar-refractivity contribution in [3.8, 4) is 5.69 Å². The summed E-state index contributed by atoms with van der Waals surface area (Å²) < 4.78 is 1.86. The molecule has 0 radical (unpaired) electrons. The normalized spacial score (nSPS) is 11.3. The van der Waals surface area contributed by atoms with Gasteiger partial charge in [0.25, 0.3) is 0 Å². The van der Waals surface area contributed by atoms with Crippen molar-refractivity contribution in [2.24, 2.45) is 0 Å². The Morgan fingerprint density at radius 2 is 2.21 bits per heavy atom. The summed E-state index contributed by atoms with van der Waals surface area (Å²) in [6.07, 6.45) is 1.93. The fraction of sp³-hybridized carbons (Fsp3) is 0.286. The summed E-state index contributed by atoms with van der Waals surface area (Å²) in [6, 6.07) is 8.21. The number of nitrogens with two attached hydrogens (primary N) is 1. The molecule has 5 heteroatoms. The zero-order valence-electron chi connectivity index (χ0n) is 11.1. The summed E-state index contributed by atoms with van der Waals surface area (Å²) in [4.78, 5) is 0. The van der Waals surface area contributed by atoms with Gasteiger partial charge in [-0.1, -0.05) is 25.5 Å². The van der Waals surface area contributed by atoms with Crippen LogP contribution in [0.5, 0.6) is 0 Å². The average molecular weight is 255 g/mol. The van der Waals surface area contributed by atoms with E-state index in [0.29, 0.717) is 5.82 Å². The molecule has 0 bridgehead atoms. The van der Waals surface area contributed by atoms with E-state index in [2.05, 4.69) is 41.3 Å². The van der Waals surface area contributed by atoms with E-state index >= 15 is 0 Å². The number of hydrogen-bond donors (Lipinski definition) is 2. The second-order valence-corrected chi connectivity index (χ2v) is 4.78. The van der Waals surface area contributed by atoms with E-state index in [1.807, 2.05) is 16.8 Å². The van der Waals surface area contributed by atoms with Gasteiger partial charge in [-0.2, -0.15) is 10.2 Å². The number of nitrogens with one attached hydrogen (secondary N) is 1. The van der Waals surface area contributed by atoms with E-state index in [1.165, 1.54) is 5.56 Å². The number of hydrogen-bond acceptors (Lipinski definition) is 3. The summed E-state index contributed by atoms with van der Waals surface area (Å²) in [5.74, 6) is 0.595. The second-order valence-electron chi connectivity index (χ2n) is 4.78. The van der Waals surface area contributed by atoms with E-state index < -0.39 is 0 Å². The van der Waals surface area contributed by atoms with E-state index in [9.17, 15) is 0 Å². The molecule has 3 rings (SSSR count). The van der Waals surface area contributed by atoms with Gasteiger partial charge in [-0.25, -0.2) is 4.68 Å². The molecule has 0 aliphatic heterocycles. The van der Waals surface area contributed by atoms with Crippen LogP contribution in [0.4, 0.5) is 5.82 Å². The number of fused-ring (bicyclic) bond motifs is 1. The zero-order chi connectivity index (χ0) is 13.4. The van der Waals surface area contributed by atoms with Crippen LogP contribution in [0, 0.1) is 6.92 Å². The first-order valence-electron chi connectivity index (χ1n) is 6.49. The van der Waals surface area contributed by atoms with Gasteiger partial charge in [0.15, 0.2) is 5.65 Å². The molecule has 0 unspecified atom stereocenters. The lowest BCUT2D eigenvalue weighted by Gasteiger charge is -2.02. The molecule has 0 atom stereocenters. The highest BCUT2D eigenvalue weighted by Crippen LogP contribution is 2.25. The average Bonchev–Trinajstić information content (AvgIpc) is 2.93. The van der Waals surface area contributed by atoms with Gasteiger partial charge in [-0.3, -0.25) is 5.10 Å². The monoisotopic (exact) mass is 255 g/mol. The fourth-order valence-corrected chi connectivity index (χ4v) is 2.35. The largest absolute Gasteiger partial charge is 0.383 e. The summed E-state index contributed by atoms with van der Waals surface area (Å²) in [6.45, 7) is 4.20. The third-order valence-corrected chi connectivity index (χ3v) is 3.22. The number of nitrogen functional groups attached to an aromatic ring is 1. The van der Waals surface area contributed by atoms with Gasteiger partial charge in [0.1, 0.15) is 5.82 Å². The summed E-state index contributed by atoms with van der Waals surface area (Å²) in [7, 11) is 0. The number of benzene rings is 1. The molecule has 0 spiro atoms. The molecular formula is C14H17N5. The number of rotatable bonds is 3. The Morgan fingerprint density at radius 1 is 1.37 bits per heavy atom. The smallest absolute Gasteiger partial charge is 0.186 e. The molecule has 0 aliphatic carbocycles. The molecule has 2 heterocycles. The van der Waals surface area contributed by atoms with Crippen LogP contribution >= 0.6 is 0 Å². The predicted molar refractivity (Wildman–Crippen MR) is 76.4 cm³/mol. The van der Waals surface area contributed by atoms with Crippen LogP contribution in [0.1, 0.15) is 24.6 Å². The first-order valence-corrected chi connectivity index (χ1v) is 6.49. The Morgan fingerprint density at radius 3 is 2.95 bits per heavy atom. The van der Waals surface area contributed by atoms with Gasteiger partial charge in [0, 0.05) is 0 Å². The zero-order valence-corrected chi connectivity index (χ0v) is 11.1. The van der Waals surface area contributed by atoms with Gasteiger partial charge >= 0.3 is 0 Å². The van der Waals surface area contributed by atoms with Crippen molar-refractivity contribution in [2.75, 3.05) is 5.73 Å². The Balaban J connectivity index is 2.24. The number of aromatic nitrogens is 4. The molecule has 5 nitrogen and oxygen atoms in total. The standard InChI is InChI=1S/C14H17N5/c1-3-5-11-12-13(15)16-17-14(12)19(18-11)10-7-4-6-9(2)8-10/h4,6-8H,3,5H2,1-2H3,(H3,15,16,17). The number of anilines is 1. The SMILES string of the molecule is CCCc1nn(-c2cccc(C)c2)c2n[nH]c(N)c12. The molecule has 0 saturated heterocycles. The first-order chi connectivity index (χ1) is 9.20. The van der Waals surface area contributed by atoms with Gasteiger partial charge in [-0.05, 0) is 31.0 Å². The lowest BCUT2D eigenvalue weighted by molar-refractivity contribution is 0.809. The maximum absolute atomic E-state index is 5.96. The van der Waals surface area contributed by atoms with Crippen molar-refractivity contribution in [2.45, 2.75) is 26.7 Å². The number of nitrogens with zero attached hydrogens (tertiary/aromatic N) is 3. The second kappa shape index (κ2) is 4.42. The van der Waals surface area contributed by atoms with Crippen molar-refractivity contribution >= 4 is 16.9 Å². The molecule has 98 valence electrons. The Bertz CT molecular complexity index is 723. The van der Waals surface area contributed by atoms with Crippen LogP contribution in [0.2, 0.25) is 0 Å². The van der Waals surface area contributed by atoms with E-state index in [4.69, 9.17) is 5.73 Å². The highest BCUT2D eigenvalue weighted by atomic mass is 15.4. The van der Waals surface area contributed by atoms with E-state index in [-0.39, 0.29) is 0 Å². The summed E-state index contributed by atoms with van der Waals surface area (Å²) in [5, 5.41) is 12.7. The van der Waals surface area contributed by atoms with Crippen LogP contribution in [-0.4, -0.2) is 20.0 Å². The van der Waals surface area contributed by atoms with Gasteiger partial charge in [0.2, 0.25) is 0 Å². The van der Waals surface area contributed by atoms with Crippen molar-refractivity contribution in [3.05, 3.63) is 35.5 Å². The molecule has 0 fully saturated rings. The molecule has 2 aromatic heterocycles. The maximum atomic E-state index is 5.96. The summed E-state index contributed by atoms with van der Waals surface area (Å²) in [5.41, 5.74) is 9.97. The van der Waals surface area contributed by atoms with Crippen molar-refractivity contribution in [1.29, 1.82) is 0 Å². The van der Waals surface area contributed by atoms with Crippen LogP contribution in [0.15, 0.2) is 24.3 Å². The lowest BCUT2D eigenvalue weighted by atomic mass is 10.2. The molecular weight excluding hydrogens is 238 g/mol. The highest BCUT2D eigenvalue weighted by Gasteiger charge is 2.16. The lowest BCUT2D eigenvalue weighted by Crippen LogP contribution is -1.99. The molecule has 3 N–H and O–H groups in total. The summed E-state index contributed by atoms with van der Waals surface area (Å²) >= 11 is 0. The topological polar surface area (TPSA) is 72.5 Å². The first kappa shape index (κ1) is 11.8. The van der Waals surface area contributed by atoms with Crippen LogP contribution in [0.3, 0.4) is 0 Å². The van der Waals surface area contributed by atoms with Crippen molar-refractivity contribution in [3.63, 3.8) is 0 Å². The van der Waals surface area contributed by atoms with Crippen LogP contribution in [-0.2, 0) is 6.42 Å². The number of H-pyrrole nitrogens is 1. The number of aryl methyl sites for hydroxylation is 2. The Kier molecular flexibility index (Phi) is 2.74. The molecule has 1 aromatic carbocycles. The van der Waals surface area contributed by atoms with Crippen LogP contribution in [0.25, 0.3) is 16.7 Å². The molecule has 0 aliphatic rings. The maximum Gasteiger partial charge on any atom is 0.186 e. The van der Waals surface area contributed by atoms with Gasteiger partial charge in [0.05, 0.1) is 16.8 Å². The minimum Gasteiger partial charge on any atom is -0.383 e. The third kappa shape index (κ3) is 1.87. The Labute approximate surface area is 111 Å². The van der Waals surface area contributed by atoms with Gasteiger partial charge < -0.3 is 5.73 Å². The molecule has 3 aromatic rings. The molecule has 0 amide bonds. The van der Waals surface area contributed by atoms with Crippen molar-refractivity contribution < 1.29 is 0 Å². The van der Waals surface area contributed by atoms with Gasteiger partial charge in [-0.15, -0.1) is 0 Å². The highest BCUT2D eigenvalue weighted by molar-refractivity contribution is 5.89. The predicted octanol–water partition coefficient (Wildman–Crippen LogP) is 2.59. The van der Waals surface area contributed by atoms with Crippen molar-refractivity contribution in [1.82, 2.24) is 20.0 Å². The molecule has 0 saturated carbocycles. The quantitative estimate of drug-likeness (QED) is 0.755. The third-order valence-electron chi connectivity index (χ3n) is 3.22. The number of aromatic amines is 1. The Hall–Kier alpha value is -2.30. The fourth-order valence-electron chi connectivity index (χ4n) is 2.35. The van der Waals surface area contributed by atoms with Crippen LogP contribution < -0.4 is 5.73 Å².